The molecule has 0 spiro atoms. The molecule has 0 saturated carbocycles. The van der Waals surface area contributed by atoms with Crippen molar-refractivity contribution >= 4 is 15.7 Å². The van der Waals surface area contributed by atoms with E-state index in [2.05, 4.69) is 28.9 Å². The average Bonchev–Trinajstić information content (AvgIpc) is 2.28. The van der Waals surface area contributed by atoms with Crippen LogP contribution in [0.1, 0.15) is 26.7 Å². The highest BCUT2D eigenvalue weighted by Gasteiger charge is 2.09. The first-order chi connectivity index (χ1) is 8.49. The van der Waals surface area contributed by atoms with E-state index >= 15 is 0 Å². The predicted molar refractivity (Wildman–Crippen MR) is 74.0 cm³/mol. The van der Waals surface area contributed by atoms with E-state index in [1.807, 2.05) is 0 Å². The summed E-state index contributed by atoms with van der Waals surface area (Å²) in [5, 5.41) is 3.26. The van der Waals surface area contributed by atoms with Crippen LogP contribution in [0.5, 0.6) is 0 Å². The second kappa shape index (κ2) is 7.33. The predicted octanol–water partition coefficient (Wildman–Crippen LogP) is 1.60. The third kappa shape index (κ3) is 6.56. The molecule has 0 aliphatic carbocycles. The first kappa shape index (κ1) is 14.9. The zero-order valence-electron chi connectivity index (χ0n) is 10.9. The maximum absolute atomic E-state index is 11.7. The van der Waals surface area contributed by atoms with Crippen molar-refractivity contribution in [2.45, 2.75) is 32.7 Å². The highest BCUT2D eigenvalue weighted by atomic mass is 32.2. The number of anilines is 1. The molecule has 18 heavy (non-hydrogen) atoms. The van der Waals surface area contributed by atoms with Crippen LogP contribution in [-0.4, -0.2) is 31.7 Å². The minimum absolute atomic E-state index is 0.148. The molecule has 0 saturated heterocycles. The van der Waals surface area contributed by atoms with Gasteiger partial charge < -0.3 is 5.32 Å². The number of pyridine rings is 1. The summed E-state index contributed by atoms with van der Waals surface area (Å²) in [4.78, 5) is 3.84. The van der Waals surface area contributed by atoms with Gasteiger partial charge in [-0.2, -0.15) is 0 Å². The monoisotopic (exact) mass is 271 g/mol. The first-order valence-corrected chi connectivity index (χ1v) is 7.79. The van der Waals surface area contributed by atoms with Crippen LogP contribution < -0.4 is 10.0 Å². The summed E-state index contributed by atoms with van der Waals surface area (Å²) in [6, 6.07) is 3.71. The topological polar surface area (TPSA) is 71.1 Å². The Balaban J connectivity index is 2.28. The molecule has 102 valence electrons. The lowest BCUT2D eigenvalue weighted by Crippen LogP contribution is -2.24. The van der Waals surface area contributed by atoms with Gasteiger partial charge in [0.05, 0.1) is 11.4 Å². The Hall–Kier alpha value is -1.14. The van der Waals surface area contributed by atoms with Crippen LogP contribution in [0.2, 0.25) is 0 Å². The SMILES string of the molecule is CC(C)NCCCCS(=O)(=O)Nc1ccncc1. The van der Waals surface area contributed by atoms with Crippen LogP contribution in [0.3, 0.4) is 0 Å². The molecular weight excluding hydrogens is 250 g/mol. The minimum Gasteiger partial charge on any atom is -0.315 e. The number of hydrogen-bond acceptors (Lipinski definition) is 4. The number of unbranched alkanes of at least 4 members (excludes halogenated alkanes) is 1. The molecule has 0 amide bonds. The van der Waals surface area contributed by atoms with Gasteiger partial charge in [-0.3, -0.25) is 9.71 Å². The minimum atomic E-state index is -3.24. The fourth-order valence-electron chi connectivity index (χ4n) is 1.46. The molecule has 1 aromatic rings. The largest absolute Gasteiger partial charge is 0.315 e. The normalized spacial score (nSPS) is 11.7. The molecular formula is C12H21N3O2S. The Morgan fingerprint density at radius 1 is 1.22 bits per heavy atom. The average molecular weight is 271 g/mol. The summed E-state index contributed by atoms with van der Waals surface area (Å²) < 4.78 is 26.0. The fourth-order valence-corrected chi connectivity index (χ4v) is 2.64. The van der Waals surface area contributed by atoms with Crippen molar-refractivity contribution in [1.29, 1.82) is 0 Å². The van der Waals surface area contributed by atoms with Gasteiger partial charge in [-0.05, 0) is 31.5 Å². The first-order valence-electron chi connectivity index (χ1n) is 6.13. The van der Waals surface area contributed by atoms with E-state index in [-0.39, 0.29) is 5.75 Å². The second-order valence-corrected chi connectivity index (χ2v) is 6.31. The van der Waals surface area contributed by atoms with Gasteiger partial charge in [-0.15, -0.1) is 0 Å². The molecule has 0 atom stereocenters. The van der Waals surface area contributed by atoms with Gasteiger partial charge in [0.15, 0.2) is 0 Å². The molecule has 0 bridgehead atoms. The van der Waals surface area contributed by atoms with Gasteiger partial charge in [0.25, 0.3) is 0 Å². The van der Waals surface area contributed by atoms with Crippen molar-refractivity contribution in [1.82, 2.24) is 10.3 Å². The summed E-state index contributed by atoms with van der Waals surface area (Å²) >= 11 is 0. The highest BCUT2D eigenvalue weighted by molar-refractivity contribution is 7.92. The number of aromatic nitrogens is 1. The summed E-state index contributed by atoms with van der Waals surface area (Å²) in [6.07, 6.45) is 4.63. The molecule has 1 heterocycles. The smallest absolute Gasteiger partial charge is 0.232 e. The summed E-state index contributed by atoms with van der Waals surface area (Å²) in [7, 11) is -3.24. The number of hydrogen-bond donors (Lipinski definition) is 2. The van der Waals surface area contributed by atoms with Crippen molar-refractivity contribution in [3.05, 3.63) is 24.5 Å². The molecule has 5 nitrogen and oxygen atoms in total. The molecule has 2 N–H and O–H groups in total. The van der Waals surface area contributed by atoms with Gasteiger partial charge in [-0.25, -0.2) is 8.42 Å². The lowest BCUT2D eigenvalue weighted by atomic mass is 10.3. The number of rotatable bonds is 8. The van der Waals surface area contributed by atoms with E-state index in [1.54, 1.807) is 24.5 Å². The third-order valence-corrected chi connectivity index (χ3v) is 3.72. The molecule has 1 aromatic heterocycles. The quantitative estimate of drug-likeness (QED) is 0.705. The van der Waals surface area contributed by atoms with Gasteiger partial charge in [0.1, 0.15) is 0 Å². The van der Waals surface area contributed by atoms with Gasteiger partial charge >= 0.3 is 0 Å². The highest BCUT2D eigenvalue weighted by Crippen LogP contribution is 2.07. The summed E-state index contributed by atoms with van der Waals surface area (Å²) in [5.74, 6) is 0.148. The molecule has 0 radical (unpaired) electrons. The van der Waals surface area contributed by atoms with Crippen molar-refractivity contribution in [3.63, 3.8) is 0 Å². The third-order valence-electron chi connectivity index (χ3n) is 2.35. The standard InChI is InChI=1S/C12H21N3O2S/c1-11(2)14-7-3-4-10-18(16,17)15-12-5-8-13-9-6-12/h5-6,8-9,11,14H,3-4,7,10H2,1-2H3,(H,13,15). The zero-order valence-corrected chi connectivity index (χ0v) is 11.7. The molecule has 0 aliphatic rings. The molecule has 1 rings (SSSR count). The Labute approximate surface area is 109 Å². The fraction of sp³-hybridized carbons (Fsp3) is 0.583. The van der Waals surface area contributed by atoms with E-state index < -0.39 is 10.0 Å². The number of nitrogens with zero attached hydrogens (tertiary/aromatic N) is 1. The Morgan fingerprint density at radius 2 is 1.89 bits per heavy atom. The molecule has 6 heteroatoms. The van der Waals surface area contributed by atoms with E-state index in [9.17, 15) is 8.42 Å². The summed E-state index contributed by atoms with van der Waals surface area (Å²) in [6.45, 7) is 4.99. The van der Waals surface area contributed by atoms with Crippen molar-refractivity contribution in [2.24, 2.45) is 0 Å². The van der Waals surface area contributed by atoms with Gasteiger partial charge in [-0.1, -0.05) is 13.8 Å². The maximum Gasteiger partial charge on any atom is 0.232 e. The van der Waals surface area contributed by atoms with E-state index in [0.29, 0.717) is 18.2 Å². The number of sulfonamides is 1. The molecule has 0 aromatic carbocycles. The lowest BCUT2D eigenvalue weighted by molar-refractivity contribution is 0.561. The maximum atomic E-state index is 11.7. The Morgan fingerprint density at radius 3 is 2.50 bits per heavy atom. The van der Waals surface area contributed by atoms with Crippen LogP contribution >= 0.6 is 0 Å². The Kier molecular flexibility index (Phi) is 6.07. The Bertz CT molecular complexity index is 432. The van der Waals surface area contributed by atoms with Crippen molar-refractivity contribution in [3.8, 4) is 0 Å². The number of nitrogens with one attached hydrogen (secondary N) is 2. The van der Waals surface area contributed by atoms with Crippen molar-refractivity contribution in [2.75, 3.05) is 17.0 Å². The van der Waals surface area contributed by atoms with Gasteiger partial charge in [0.2, 0.25) is 10.0 Å². The zero-order chi connectivity index (χ0) is 13.4. The van der Waals surface area contributed by atoms with Crippen molar-refractivity contribution < 1.29 is 8.42 Å². The molecule has 0 fully saturated rings. The van der Waals surface area contributed by atoms with Crippen LogP contribution in [-0.2, 0) is 10.0 Å². The van der Waals surface area contributed by atoms with E-state index in [4.69, 9.17) is 0 Å². The van der Waals surface area contributed by atoms with Crippen LogP contribution in [0, 0.1) is 0 Å². The molecule has 0 aliphatic heterocycles. The van der Waals surface area contributed by atoms with Crippen LogP contribution in [0.25, 0.3) is 0 Å². The van der Waals surface area contributed by atoms with E-state index in [0.717, 1.165) is 13.0 Å². The second-order valence-electron chi connectivity index (χ2n) is 4.47. The van der Waals surface area contributed by atoms with Crippen LogP contribution in [0.15, 0.2) is 24.5 Å². The van der Waals surface area contributed by atoms with Crippen LogP contribution in [0.4, 0.5) is 5.69 Å². The van der Waals surface area contributed by atoms with E-state index in [1.165, 1.54) is 0 Å². The molecule has 0 unspecified atom stereocenters. The summed E-state index contributed by atoms with van der Waals surface area (Å²) in [5.41, 5.74) is 0.560. The van der Waals surface area contributed by atoms with Gasteiger partial charge in [0, 0.05) is 18.4 Å². The lowest BCUT2D eigenvalue weighted by Gasteiger charge is -2.09.